The molecule has 29 heavy (non-hydrogen) atoms. The van der Waals surface area contributed by atoms with Crippen LogP contribution in [0.15, 0.2) is 29.3 Å². The van der Waals surface area contributed by atoms with E-state index in [4.69, 9.17) is 9.73 Å². The molecule has 0 spiro atoms. The lowest BCUT2D eigenvalue weighted by atomic mass is 10.2. The number of nitrogens with one attached hydrogen (secondary N) is 1. The Morgan fingerprint density at radius 2 is 1.97 bits per heavy atom. The van der Waals surface area contributed by atoms with Crippen molar-refractivity contribution in [3.8, 4) is 5.75 Å². The monoisotopic (exact) mass is 401 g/mol. The van der Waals surface area contributed by atoms with Gasteiger partial charge in [-0.3, -0.25) is 0 Å². The maximum Gasteiger partial charge on any atom is 0.194 e. The normalized spacial score (nSPS) is 15.1. The fraction of sp³-hybridized carbons (Fsp3) is 0.550. The zero-order chi connectivity index (χ0) is 20.6. The summed E-state index contributed by atoms with van der Waals surface area (Å²) in [4.78, 5) is 9.27. The number of para-hydroxylation sites is 2. The van der Waals surface area contributed by atoms with E-state index in [2.05, 4.69) is 25.3 Å². The fourth-order valence-electron chi connectivity index (χ4n) is 3.31. The van der Waals surface area contributed by atoms with Crippen molar-refractivity contribution in [3.63, 3.8) is 0 Å². The Kier molecular flexibility index (Phi) is 7.29. The molecule has 1 aliphatic rings. The van der Waals surface area contributed by atoms with E-state index >= 15 is 0 Å². The molecule has 0 unspecified atom stereocenters. The molecule has 1 fully saturated rings. The van der Waals surface area contributed by atoms with E-state index in [-0.39, 0.29) is 0 Å². The summed E-state index contributed by atoms with van der Waals surface area (Å²) in [5.74, 6) is 2.91. The van der Waals surface area contributed by atoms with Crippen LogP contribution in [0.2, 0.25) is 0 Å². The molecule has 1 aromatic carbocycles. The molecule has 2 heterocycles. The SMILES string of the molecule is COCCCNC(=NCc1nnc(C)n1C)N1CCN(c2ccccc2O)CC1. The highest BCUT2D eigenvalue weighted by molar-refractivity contribution is 5.80. The molecule has 0 atom stereocenters. The lowest BCUT2D eigenvalue weighted by Gasteiger charge is -2.38. The molecule has 0 bridgehead atoms. The Hall–Kier alpha value is -2.81. The third-order valence-electron chi connectivity index (χ3n) is 5.16. The summed E-state index contributed by atoms with van der Waals surface area (Å²) >= 11 is 0. The van der Waals surface area contributed by atoms with E-state index in [1.54, 1.807) is 13.2 Å². The van der Waals surface area contributed by atoms with Gasteiger partial charge in [0.15, 0.2) is 11.8 Å². The number of hydrogen-bond donors (Lipinski definition) is 2. The van der Waals surface area contributed by atoms with Crippen LogP contribution in [-0.4, -0.2) is 77.2 Å². The highest BCUT2D eigenvalue weighted by atomic mass is 16.5. The minimum absolute atomic E-state index is 0.324. The zero-order valence-electron chi connectivity index (χ0n) is 17.5. The number of aryl methyl sites for hydroxylation is 1. The summed E-state index contributed by atoms with van der Waals surface area (Å²) in [6, 6.07) is 7.49. The number of hydrogen-bond acceptors (Lipinski definition) is 6. The molecule has 9 nitrogen and oxygen atoms in total. The number of aromatic hydroxyl groups is 1. The minimum Gasteiger partial charge on any atom is -0.506 e. The lowest BCUT2D eigenvalue weighted by molar-refractivity contribution is 0.195. The lowest BCUT2D eigenvalue weighted by Crippen LogP contribution is -2.52. The molecule has 2 N–H and O–H groups in total. The van der Waals surface area contributed by atoms with Crippen molar-refractivity contribution < 1.29 is 9.84 Å². The number of aliphatic imine (C=N–C) groups is 1. The van der Waals surface area contributed by atoms with Gasteiger partial charge in [-0.2, -0.15) is 0 Å². The Morgan fingerprint density at radius 3 is 2.62 bits per heavy atom. The number of methoxy groups -OCH3 is 1. The Balaban J connectivity index is 1.65. The second-order valence-electron chi connectivity index (χ2n) is 7.10. The first-order valence-electron chi connectivity index (χ1n) is 10.00. The van der Waals surface area contributed by atoms with E-state index in [0.717, 1.165) is 62.4 Å². The van der Waals surface area contributed by atoms with Gasteiger partial charge in [-0.15, -0.1) is 10.2 Å². The average Bonchev–Trinajstić information content (AvgIpc) is 3.06. The standard InChI is InChI=1S/C20H31N7O2/c1-16-23-24-19(25(16)2)15-22-20(21-9-6-14-29-3)27-12-10-26(11-13-27)17-7-4-5-8-18(17)28/h4-5,7-8,28H,6,9-15H2,1-3H3,(H,21,22). The molecule has 1 aliphatic heterocycles. The zero-order valence-corrected chi connectivity index (χ0v) is 17.5. The van der Waals surface area contributed by atoms with Gasteiger partial charge in [0.2, 0.25) is 0 Å². The molecule has 0 radical (unpaired) electrons. The van der Waals surface area contributed by atoms with Crippen molar-refractivity contribution in [2.24, 2.45) is 12.0 Å². The first-order valence-corrected chi connectivity index (χ1v) is 10.00. The molecular formula is C20H31N7O2. The molecule has 3 rings (SSSR count). The van der Waals surface area contributed by atoms with Crippen LogP contribution in [0.1, 0.15) is 18.1 Å². The van der Waals surface area contributed by atoms with E-state index in [0.29, 0.717) is 18.9 Å². The molecule has 1 aromatic heterocycles. The van der Waals surface area contributed by atoms with Crippen molar-refractivity contribution in [2.45, 2.75) is 19.9 Å². The van der Waals surface area contributed by atoms with Gasteiger partial charge in [0, 0.05) is 53.5 Å². The van der Waals surface area contributed by atoms with Gasteiger partial charge in [-0.05, 0) is 25.5 Å². The minimum atomic E-state index is 0.324. The molecule has 1 saturated heterocycles. The third kappa shape index (κ3) is 5.38. The van der Waals surface area contributed by atoms with E-state index in [9.17, 15) is 5.11 Å². The summed E-state index contributed by atoms with van der Waals surface area (Å²) in [6.07, 6.45) is 0.913. The topological polar surface area (TPSA) is 91.0 Å². The van der Waals surface area contributed by atoms with Gasteiger partial charge in [-0.1, -0.05) is 12.1 Å². The van der Waals surface area contributed by atoms with Gasteiger partial charge in [0.1, 0.15) is 18.1 Å². The number of nitrogens with zero attached hydrogens (tertiary/aromatic N) is 6. The van der Waals surface area contributed by atoms with Gasteiger partial charge in [0.25, 0.3) is 0 Å². The number of anilines is 1. The van der Waals surface area contributed by atoms with Gasteiger partial charge < -0.3 is 29.5 Å². The number of phenolic OH excluding ortho intramolecular Hbond substituents is 1. The van der Waals surface area contributed by atoms with Crippen molar-refractivity contribution in [2.75, 3.05) is 51.3 Å². The summed E-state index contributed by atoms with van der Waals surface area (Å²) in [6.45, 7) is 7.20. The van der Waals surface area contributed by atoms with Crippen LogP contribution in [0.4, 0.5) is 5.69 Å². The number of ether oxygens (including phenoxy) is 1. The molecule has 158 valence electrons. The highest BCUT2D eigenvalue weighted by Crippen LogP contribution is 2.27. The predicted molar refractivity (Wildman–Crippen MR) is 113 cm³/mol. The van der Waals surface area contributed by atoms with Crippen LogP contribution in [0.3, 0.4) is 0 Å². The predicted octanol–water partition coefficient (Wildman–Crippen LogP) is 1.13. The van der Waals surface area contributed by atoms with Crippen LogP contribution < -0.4 is 10.2 Å². The van der Waals surface area contributed by atoms with Crippen LogP contribution in [0.5, 0.6) is 5.75 Å². The van der Waals surface area contributed by atoms with Crippen molar-refractivity contribution >= 4 is 11.6 Å². The summed E-state index contributed by atoms with van der Waals surface area (Å²) in [5, 5.41) is 21.9. The highest BCUT2D eigenvalue weighted by Gasteiger charge is 2.21. The number of rotatable bonds is 7. The van der Waals surface area contributed by atoms with Crippen molar-refractivity contribution in [1.29, 1.82) is 0 Å². The Morgan fingerprint density at radius 1 is 1.21 bits per heavy atom. The second-order valence-corrected chi connectivity index (χ2v) is 7.10. The first kappa shape index (κ1) is 20.9. The molecule has 9 heteroatoms. The van der Waals surface area contributed by atoms with Crippen LogP contribution in [0, 0.1) is 6.92 Å². The average molecular weight is 402 g/mol. The molecule has 2 aromatic rings. The molecule has 0 aliphatic carbocycles. The number of phenols is 1. The van der Waals surface area contributed by atoms with Crippen LogP contribution in [0.25, 0.3) is 0 Å². The van der Waals surface area contributed by atoms with Crippen molar-refractivity contribution in [1.82, 2.24) is 25.0 Å². The molecule has 0 amide bonds. The number of piperazine rings is 1. The summed E-state index contributed by atoms with van der Waals surface area (Å²) in [5.41, 5.74) is 0.883. The third-order valence-corrected chi connectivity index (χ3v) is 5.16. The first-order chi connectivity index (χ1) is 14.1. The van der Waals surface area contributed by atoms with Crippen LogP contribution in [-0.2, 0) is 18.3 Å². The number of guanidine groups is 1. The maximum atomic E-state index is 10.1. The summed E-state index contributed by atoms with van der Waals surface area (Å²) < 4.78 is 7.11. The molecular weight excluding hydrogens is 370 g/mol. The smallest absolute Gasteiger partial charge is 0.194 e. The van der Waals surface area contributed by atoms with E-state index in [1.165, 1.54) is 0 Å². The second kappa shape index (κ2) is 10.1. The van der Waals surface area contributed by atoms with Crippen molar-refractivity contribution in [3.05, 3.63) is 35.9 Å². The van der Waals surface area contributed by atoms with E-state index < -0.39 is 0 Å². The van der Waals surface area contributed by atoms with E-state index in [1.807, 2.05) is 36.7 Å². The Labute approximate surface area is 172 Å². The van der Waals surface area contributed by atoms with Gasteiger partial charge in [-0.25, -0.2) is 4.99 Å². The molecule has 0 saturated carbocycles. The largest absolute Gasteiger partial charge is 0.506 e. The van der Waals surface area contributed by atoms with Crippen LogP contribution >= 0.6 is 0 Å². The summed E-state index contributed by atoms with van der Waals surface area (Å²) in [7, 11) is 3.67. The van der Waals surface area contributed by atoms with Gasteiger partial charge in [0.05, 0.1) is 5.69 Å². The number of benzene rings is 1. The maximum absolute atomic E-state index is 10.1. The quantitative estimate of drug-likeness (QED) is 0.408. The fourth-order valence-corrected chi connectivity index (χ4v) is 3.31. The van der Waals surface area contributed by atoms with Gasteiger partial charge >= 0.3 is 0 Å². The Bertz CT molecular complexity index is 813. The number of aromatic nitrogens is 3.